The highest BCUT2D eigenvalue weighted by atomic mass is 16.4. The fourth-order valence-electron chi connectivity index (χ4n) is 2.81. The SMILES string of the molecule is CCCCC(C(=O)O)C(O)(CC(C)C)CC(C)C. The van der Waals surface area contributed by atoms with E-state index in [9.17, 15) is 15.0 Å². The summed E-state index contributed by atoms with van der Waals surface area (Å²) in [6.07, 6.45) is 3.51. The molecule has 0 fully saturated rings. The van der Waals surface area contributed by atoms with Gasteiger partial charge in [-0.25, -0.2) is 0 Å². The van der Waals surface area contributed by atoms with E-state index in [2.05, 4.69) is 0 Å². The second kappa shape index (κ2) is 7.78. The second-order valence-corrected chi connectivity index (χ2v) is 6.33. The zero-order valence-corrected chi connectivity index (χ0v) is 12.6. The molecule has 2 N–H and O–H groups in total. The molecule has 0 aliphatic rings. The highest BCUT2D eigenvalue weighted by molar-refractivity contribution is 5.71. The van der Waals surface area contributed by atoms with E-state index in [0.29, 0.717) is 31.1 Å². The van der Waals surface area contributed by atoms with E-state index in [-0.39, 0.29) is 0 Å². The monoisotopic (exact) mass is 258 g/mol. The van der Waals surface area contributed by atoms with E-state index in [1.54, 1.807) is 0 Å². The normalized spacial score (nSPS) is 14.2. The summed E-state index contributed by atoms with van der Waals surface area (Å²) in [6.45, 7) is 10.2. The average Bonchev–Trinajstić information content (AvgIpc) is 2.14. The van der Waals surface area contributed by atoms with E-state index in [1.165, 1.54) is 0 Å². The summed E-state index contributed by atoms with van der Waals surface area (Å²) in [5.74, 6) is -0.885. The smallest absolute Gasteiger partial charge is 0.309 e. The maximum absolute atomic E-state index is 11.5. The van der Waals surface area contributed by atoms with E-state index in [4.69, 9.17) is 0 Å². The largest absolute Gasteiger partial charge is 0.481 e. The van der Waals surface area contributed by atoms with Gasteiger partial charge in [-0.2, -0.15) is 0 Å². The first-order valence-electron chi connectivity index (χ1n) is 7.18. The number of aliphatic hydroxyl groups is 1. The Hall–Kier alpha value is -0.570. The Labute approximate surface area is 112 Å². The minimum atomic E-state index is -1.07. The van der Waals surface area contributed by atoms with Crippen LogP contribution in [0.1, 0.15) is 66.7 Å². The minimum Gasteiger partial charge on any atom is -0.481 e. The number of unbranched alkanes of at least 4 members (excludes halogenated alkanes) is 1. The number of hydrogen-bond acceptors (Lipinski definition) is 2. The summed E-state index contributed by atoms with van der Waals surface area (Å²) in [7, 11) is 0. The lowest BCUT2D eigenvalue weighted by Crippen LogP contribution is -2.44. The topological polar surface area (TPSA) is 57.5 Å². The first kappa shape index (κ1) is 17.4. The van der Waals surface area contributed by atoms with Gasteiger partial charge in [-0.15, -0.1) is 0 Å². The molecule has 1 atom stereocenters. The van der Waals surface area contributed by atoms with Gasteiger partial charge in [-0.1, -0.05) is 47.5 Å². The molecule has 0 aromatic rings. The van der Waals surface area contributed by atoms with Gasteiger partial charge in [-0.3, -0.25) is 4.79 Å². The Bertz CT molecular complexity index is 236. The van der Waals surface area contributed by atoms with Crippen molar-refractivity contribution in [1.29, 1.82) is 0 Å². The van der Waals surface area contributed by atoms with Crippen LogP contribution < -0.4 is 0 Å². The van der Waals surface area contributed by atoms with Gasteiger partial charge in [-0.05, 0) is 31.1 Å². The van der Waals surface area contributed by atoms with Crippen molar-refractivity contribution in [3.63, 3.8) is 0 Å². The van der Waals surface area contributed by atoms with Gasteiger partial charge in [0.2, 0.25) is 0 Å². The molecular formula is C15H30O3. The van der Waals surface area contributed by atoms with Crippen molar-refractivity contribution in [3.8, 4) is 0 Å². The van der Waals surface area contributed by atoms with E-state index in [0.717, 1.165) is 12.8 Å². The third-order valence-corrected chi connectivity index (χ3v) is 3.32. The average molecular weight is 258 g/mol. The van der Waals surface area contributed by atoms with Crippen LogP contribution in [0.2, 0.25) is 0 Å². The van der Waals surface area contributed by atoms with E-state index in [1.807, 2.05) is 34.6 Å². The summed E-state index contributed by atoms with van der Waals surface area (Å²) in [6, 6.07) is 0. The summed E-state index contributed by atoms with van der Waals surface area (Å²) < 4.78 is 0. The van der Waals surface area contributed by atoms with Crippen LogP contribution in [-0.2, 0) is 4.79 Å². The number of rotatable bonds is 9. The van der Waals surface area contributed by atoms with Gasteiger partial charge in [0.05, 0.1) is 11.5 Å². The molecule has 0 aliphatic heterocycles. The van der Waals surface area contributed by atoms with Crippen molar-refractivity contribution in [2.24, 2.45) is 17.8 Å². The molecule has 0 amide bonds. The van der Waals surface area contributed by atoms with E-state index < -0.39 is 17.5 Å². The maximum atomic E-state index is 11.5. The second-order valence-electron chi connectivity index (χ2n) is 6.33. The van der Waals surface area contributed by atoms with Crippen molar-refractivity contribution in [1.82, 2.24) is 0 Å². The Morgan fingerprint density at radius 3 is 1.83 bits per heavy atom. The van der Waals surface area contributed by atoms with Crippen molar-refractivity contribution in [2.45, 2.75) is 72.3 Å². The Morgan fingerprint density at radius 1 is 1.11 bits per heavy atom. The van der Waals surface area contributed by atoms with Crippen LogP contribution in [0.25, 0.3) is 0 Å². The van der Waals surface area contributed by atoms with Crippen LogP contribution in [0.4, 0.5) is 0 Å². The van der Waals surface area contributed by atoms with Crippen LogP contribution in [-0.4, -0.2) is 21.8 Å². The predicted molar refractivity (Wildman–Crippen MR) is 74.5 cm³/mol. The molecule has 0 bridgehead atoms. The van der Waals surface area contributed by atoms with Crippen molar-refractivity contribution in [3.05, 3.63) is 0 Å². The third-order valence-electron chi connectivity index (χ3n) is 3.32. The molecule has 0 aromatic heterocycles. The first-order valence-corrected chi connectivity index (χ1v) is 7.18. The zero-order valence-electron chi connectivity index (χ0n) is 12.6. The number of aliphatic carboxylic acids is 1. The number of carbonyl (C=O) groups is 1. The van der Waals surface area contributed by atoms with Crippen LogP contribution in [0.3, 0.4) is 0 Å². The molecule has 0 rings (SSSR count). The molecule has 0 radical (unpaired) electrons. The molecule has 0 saturated heterocycles. The van der Waals surface area contributed by atoms with Gasteiger partial charge in [0.15, 0.2) is 0 Å². The van der Waals surface area contributed by atoms with Crippen LogP contribution in [0.15, 0.2) is 0 Å². The van der Waals surface area contributed by atoms with Crippen LogP contribution >= 0.6 is 0 Å². The predicted octanol–water partition coefficient (Wildman–Crippen LogP) is 3.70. The lowest BCUT2D eigenvalue weighted by molar-refractivity contribution is -0.155. The lowest BCUT2D eigenvalue weighted by atomic mass is 9.74. The lowest BCUT2D eigenvalue weighted by Gasteiger charge is -2.37. The molecule has 18 heavy (non-hydrogen) atoms. The Morgan fingerprint density at radius 2 is 1.56 bits per heavy atom. The van der Waals surface area contributed by atoms with Gasteiger partial charge in [0, 0.05) is 0 Å². The molecule has 1 unspecified atom stereocenters. The number of hydrogen-bond donors (Lipinski definition) is 2. The molecular weight excluding hydrogens is 228 g/mol. The van der Waals surface area contributed by atoms with Crippen molar-refractivity contribution >= 4 is 5.97 Å². The number of carboxylic acid groups (broad SMARTS) is 1. The number of carboxylic acids is 1. The third kappa shape index (κ3) is 5.85. The minimum absolute atomic E-state index is 0.303. The summed E-state index contributed by atoms with van der Waals surface area (Å²) in [5.41, 5.74) is -1.07. The molecule has 3 nitrogen and oxygen atoms in total. The molecule has 0 saturated carbocycles. The Balaban J connectivity index is 5.01. The highest BCUT2D eigenvalue weighted by Gasteiger charge is 2.41. The maximum Gasteiger partial charge on any atom is 0.309 e. The zero-order chi connectivity index (χ0) is 14.3. The first-order chi connectivity index (χ1) is 8.23. The summed E-state index contributed by atoms with van der Waals surface area (Å²) in [4.78, 5) is 11.5. The summed E-state index contributed by atoms with van der Waals surface area (Å²) >= 11 is 0. The molecule has 0 spiro atoms. The fraction of sp³-hybridized carbons (Fsp3) is 0.933. The fourth-order valence-corrected chi connectivity index (χ4v) is 2.81. The van der Waals surface area contributed by atoms with Crippen LogP contribution in [0, 0.1) is 17.8 Å². The van der Waals surface area contributed by atoms with E-state index >= 15 is 0 Å². The Kier molecular flexibility index (Phi) is 7.53. The standard InChI is InChI=1S/C15H30O3/c1-6-7-8-13(14(16)17)15(18,9-11(2)3)10-12(4)5/h11-13,18H,6-10H2,1-5H3,(H,16,17). The molecule has 0 aliphatic carbocycles. The molecule has 0 aromatic carbocycles. The van der Waals surface area contributed by atoms with Gasteiger partial charge in [0.25, 0.3) is 0 Å². The van der Waals surface area contributed by atoms with Crippen molar-refractivity contribution in [2.75, 3.05) is 0 Å². The van der Waals surface area contributed by atoms with Crippen LogP contribution in [0.5, 0.6) is 0 Å². The van der Waals surface area contributed by atoms with Gasteiger partial charge < -0.3 is 10.2 Å². The highest BCUT2D eigenvalue weighted by Crippen LogP contribution is 2.35. The van der Waals surface area contributed by atoms with Crippen molar-refractivity contribution < 1.29 is 15.0 Å². The molecule has 0 heterocycles. The van der Waals surface area contributed by atoms with Gasteiger partial charge >= 0.3 is 5.97 Å². The molecule has 3 heteroatoms. The molecule has 108 valence electrons. The quantitative estimate of drug-likeness (QED) is 0.663. The van der Waals surface area contributed by atoms with Gasteiger partial charge in [0.1, 0.15) is 0 Å². The summed E-state index contributed by atoms with van der Waals surface area (Å²) in [5, 5.41) is 20.2.